The normalized spacial score (nSPS) is 31.0. The van der Waals surface area contributed by atoms with Crippen LogP contribution in [0.5, 0.6) is 0 Å². The van der Waals surface area contributed by atoms with E-state index in [-0.39, 0.29) is 11.7 Å². The molecule has 1 aromatic rings. The van der Waals surface area contributed by atoms with E-state index in [0.717, 1.165) is 12.0 Å². The lowest BCUT2D eigenvalue weighted by Gasteiger charge is -2.06. The summed E-state index contributed by atoms with van der Waals surface area (Å²) in [6.07, 6.45) is 3.01. The highest BCUT2D eigenvalue weighted by atomic mass is 19.1. The minimum Gasteiger partial charge on any atom is -0.409 e. The summed E-state index contributed by atoms with van der Waals surface area (Å²) < 4.78 is 13.1. The summed E-state index contributed by atoms with van der Waals surface area (Å²) in [5.74, 6) is 1.08. The molecule has 1 aromatic carbocycles. The molecule has 3 nitrogen and oxygen atoms in total. The number of rotatable bonds is 2. The molecule has 0 aliphatic heterocycles. The van der Waals surface area contributed by atoms with Crippen molar-refractivity contribution >= 4 is 11.4 Å². The number of nitrogens with two attached hydrogens (primary N) is 1. The Morgan fingerprint density at radius 3 is 2.88 bits per heavy atom. The first-order chi connectivity index (χ1) is 8.20. The number of fused-ring (bicyclic) bond motifs is 1. The number of oxime groups is 1. The quantitative estimate of drug-likeness (QED) is 0.355. The summed E-state index contributed by atoms with van der Waals surface area (Å²) in [6.45, 7) is 0. The summed E-state index contributed by atoms with van der Waals surface area (Å²) in [5, 5.41) is 11.7. The number of halogens is 1. The second kappa shape index (κ2) is 3.58. The van der Waals surface area contributed by atoms with Crippen LogP contribution in [0.3, 0.4) is 0 Å². The zero-order valence-electron chi connectivity index (χ0n) is 9.18. The Morgan fingerprint density at radius 2 is 2.29 bits per heavy atom. The molecule has 0 heterocycles. The standard InChI is InChI=1S/C13H13FN2O/c14-9-3-1-2-7(4-9)8-5-10-11(6-8)12(10)13(15)16-17/h1-5,10-12,17H,6H2,(H2,15,16). The van der Waals surface area contributed by atoms with Crippen LogP contribution in [0.15, 0.2) is 35.5 Å². The third-order valence-corrected chi connectivity index (χ3v) is 3.73. The molecule has 3 atom stereocenters. The second-order valence-corrected chi connectivity index (χ2v) is 4.70. The van der Waals surface area contributed by atoms with Crippen molar-refractivity contribution in [3.63, 3.8) is 0 Å². The molecule has 3 unspecified atom stereocenters. The van der Waals surface area contributed by atoms with Crippen molar-refractivity contribution in [1.29, 1.82) is 0 Å². The third kappa shape index (κ3) is 1.60. The zero-order chi connectivity index (χ0) is 12.0. The van der Waals surface area contributed by atoms with Crippen LogP contribution in [0.2, 0.25) is 0 Å². The maximum absolute atomic E-state index is 13.1. The largest absolute Gasteiger partial charge is 0.409 e. The monoisotopic (exact) mass is 232 g/mol. The van der Waals surface area contributed by atoms with Crippen LogP contribution in [0.1, 0.15) is 12.0 Å². The molecule has 0 aromatic heterocycles. The summed E-state index contributed by atoms with van der Waals surface area (Å²) in [4.78, 5) is 0. The lowest BCUT2D eigenvalue weighted by Crippen LogP contribution is -2.16. The highest BCUT2D eigenvalue weighted by molar-refractivity contribution is 5.88. The first-order valence-electron chi connectivity index (χ1n) is 5.65. The fourth-order valence-corrected chi connectivity index (χ4v) is 2.83. The van der Waals surface area contributed by atoms with Gasteiger partial charge in [-0.15, -0.1) is 0 Å². The van der Waals surface area contributed by atoms with Gasteiger partial charge in [0.05, 0.1) is 0 Å². The Hall–Kier alpha value is -1.84. The molecule has 2 aliphatic rings. The molecule has 1 saturated carbocycles. The van der Waals surface area contributed by atoms with Crippen LogP contribution in [0.25, 0.3) is 5.57 Å². The SMILES string of the molecule is N/C(=N\O)C1C2C=C(c3cccc(F)c3)CC21. The van der Waals surface area contributed by atoms with E-state index in [2.05, 4.69) is 11.2 Å². The summed E-state index contributed by atoms with van der Waals surface area (Å²) in [6, 6.07) is 6.63. The van der Waals surface area contributed by atoms with Gasteiger partial charge in [-0.2, -0.15) is 0 Å². The molecule has 2 aliphatic carbocycles. The molecule has 88 valence electrons. The van der Waals surface area contributed by atoms with Gasteiger partial charge in [0, 0.05) is 5.92 Å². The average molecular weight is 232 g/mol. The lowest BCUT2D eigenvalue weighted by molar-refractivity contribution is 0.316. The molecule has 3 rings (SSSR count). The molecule has 17 heavy (non-hydrogen) atoms. The topological polar surface area (TPSA) is 58.6 Å². The number of amidine groups is 1. The predicted molar refractivity (Wildman–Crippen MR) is 62.9 cm³/mol. The fourth-order valence-electron chi connectivity index (χ4n) is 2.83. The van der Waals surface area contributed by atoms with Crippen molar-refractivity contribution in [1.82, 2.24) is 0 Å². The smallest absolute Gasteiger partial charge is 0.143 e. The van der Waals surface area contributed by atoms with Gasteiger partial charge < -0.3 is 10.9 Å². The van der Waals surface area contributed by atoms with E-state index in [0.29, 0.717) is 17.7 Å². The van der Waals surface area contributed by atoms with Crippen LogP contribution in [0, 0.1) is 23.6 Å². The second-order valence-electron chi connectivity index (χ2n) is 4.70. The van der Waals surface area contributed by atoms with Gasteiger partial charge in [-0.05, 0) is 41.5 Å². The van der Waals surface area contributed by atoms with Crippen molar-refractivity contribution < 1.29 is 9.60 Å². The van der Waals surface area contributed by atoms with Gasteiger partial charge in [0.15, 0.2) is 0 Å². The predicted octanol–water partition coefficient (Wildman–Crippen LogP) is 2.22. The Balaban J connectivity index is 1.80. The van der Waals surface area contributed by atoms with E-state index in [1.807, 2.05) is 6.07 Å². The first kappa shape index (κ1) is 10.3. The molecule has 0 radical (unpaired) electrons. The van der Waals surface area contributed by atoms with Gasteiger partial charge in [-0.3, -0.25) is 0 Å². The average Bonchev–Trinajstić information content (AvgIpc) is 2.82. The summed E-state index contributed by atoms with van der Waals surface area (Å²) >= 11 is 0. The number of allylic oxidation sites excluding steroid dienone is 2. The van der Waals surface area contributed by atoms with Gasteiger partial charge in [-0.25, -0.2) is 4.39 Å². The van der Waals surface area contributed by atoms with Crippen molar-refractivity contribution in [2.45, 2.75) is 6.42 Å². The Morgan fingerprint density at radius 1 is 1.47 bits per heavy atom. The van der Waals surface area contributed by atoms with E-state index in [9.17, 15) is 4.39 Å². The van der Waals surface area contributed by atoms with Crippen molar-refractivity contribution in [3.05, 3.63) is 41.7 Å². The fraction of sp³-hybridized carbons (Fsp3) is 0.308. The van der Waals surface area contributed by atoms with Crippen LogP contribution in [-0.2, 0) is 0 Å². The molecule has 0 bridgehead atoms. The van der Waals surface area contributed by atoms with Gasteiger partial charge >= 0.3 is 0 Å². The molecule has 3 N–H and O–H groups in total. The zero-order valence-corrected chi connectivity index (χ0v) is 9.18. The number of hydrogen-bond donors (Lipinski definition) is 2. The number of nitrogens with zero attached hydrogens (tertiary/aromatic N) is 1. The number of benzene rings is 1. The van der Waals surface area contributed by atoms with Crippen molar-refractivity contribution in [2.75, 3.05) is 0 Å². The van der Waals surface area contributed by atoms with Crippen LogP contribution in [0.4, 0.5) is 4.39 Å². The molecule has 0 amide bonds. The minimum absolute atomic E-state index is 0.178. The first-order valence-corrected chi connectivity index (χ1v) is 5.65. The van der Waals surface area contributed by atoms with Gasteiger partial charge in [0.2, 0.25) is 0 Å². The molecule has 1 fully saturated rings. The van der Waals surface area contributed by atoms with E-state index in [4.69, 9.17) is 10.9 Å². The van der Waals surface area contributed by atoms with Crippen LogP contribution >= 0.6 is 0 Å². The Labute approximate surface area is 98.4 Å². The molecule has 4 heteroatoms. The van der Waals surface area contributed by atoms with Crippen molar-refractivity contribution in [3.8, 4) is 0 Å². The molecule has 0 saturated heterocycles. The van der Waals surface area contributed by atoms with Gasteiger partial charge in [-0.1, -0.05) is 23.4 Å². The summed E-state index contributed by atoms with van der Waals surface area (Å²) in [5.41, 5.74) is 7.70. The Kier molecular flexibility index (Phi) is 2.18. The van der Waals surface area contributed by atoms with E-state index < -0.39 is 0 Å². The maximum atomic E-state index is 13.1. The Bertz CT molecular complexity index is 524. The number of hydrogen-bond acceptors (Lipinski definition) is 2. The molecule has 0 spiro atoms. The lowest BCUT2D eigenvalue weighted by atomic mass is 10.0. The van der Waals surface area contributed by atoms with Crippen molar-refractivity contribution in [2.24, 2.45) is 28.6 Å². The summed E-state index contributed by atoms with van der Waals surface area (Å²) in [7, 11) is 0. The highest BCUT2D eigenvalue weighted by Gasteiger charge is 2.54. The minimum atomic E-state index is -0.211. The van der Waals surface area contributed by atoms with E-state index in [1.54, 1.807) is 12.1 Å². The highest BCUT2D eigenvalue weighted by Crippen LogP contribution is 2.58. The third-order valence-electron chi connectivity index (χ3n) is 3.73. The molecular weight excluding hydrogens is 219 g/mol. The van der Waals surface area contributed by atoms with Gasteiger partial charge in [0.25, 0.3) is 0 Å². The van der Waals surface area contributed by atoms with E-state index in [1.165, 1.54) is 11.6 Å². The van der Waals surface area contributed by atoms with Crippen LogP contribution < -0.4 is 5.73 Å². The molecular formula is C13H13FN2O. The van der Waals surface area contributed by atoms with Crippen LogP contribution in [-0.4, -0.2) is 11.0 Å². The van der Waals surface area contributed by atoms with E-state index >= 15 is 0 Å². The maximum Gasteiger partial charge on any atom is 0.143 e. The van der Waals surface area contributed by atoms with Gasteiger partial charge in [0.1, 0.15) is 11.7 Å².